The molecule has 0 aliphatic rings. The molecule has 0 radical (unpaired) electrons. The Morgan fingerprint density at radius 2 is 1.68 bits per heavy atom. The van der Waals surface area contributed by atoms with E-state index >= 15 is 0 Å². The van der Waals surface area contributed by atoms with E-state index in [2.05, 4.69) is 10.6 Å². The molecule has 0 heterocycles. The molecule has 31 heavy (non-hydrogen) atoms. The molecule has 9 heteroatoms. The van der Waals surface area contributed by atoms with Crippen molar-refractivity contribution in [3.05, 3.63) is 64.4 Å². The number of amides is 2. The molecule has 2 rings (SSSR count). The van der Waals surface area contributed by atoms with Gasteiger partial charge in [0.1, 0.15) is 23.7 Å². The van der Waals surface area contributed by atoms with Gasteiger partial charge in [-0.15, -0.1) is 0 Å². The molecule has 0 unspecified atom stereocenters. The summed E-state index contributed by atoms with van der Waals surface area (Å²) in [5, 5.41) is 5.50. The molecule has 0 aliphatic carbocycles. The number of nitrogens with one attached hydrogen (secondary N) is 2. The normalized spacial score (nSPS) is 12.4. The summed E-state index contributed by atoms with van der Waals surface area (Å²) in [6, 6.07) is 8.67. The molecular weight excluding hydrogens is 427 g/mol. The van der Waals surface area contributed by atoms with Crippen LogP contribution in [0, 0.1) is 5.82 Å². The van der Waals surface area contributed by atoms with Gasteiger partial charge in [-0.25, -0.2) is 9.18 Å². The number of carbonyl (C=O) groups excluding carboxylic acids is 3. The number of hydrogen-bond donors (Lipinski definition) is 2. The van der Waals surface area contributed by atoms with Crippen LogP contribution in [0.3, 0.4) is 0 Å². The highest BCUT2D eigenvalue weighted by Crippen LogP contribution is 2.25. The maximum atomic E-state index is 13.5. The Labute approximate surface area is 184 Å². The first kappa shape index (κ1) is 24.1. The number of methoxy groups -OCH3 is 2. The van der Waals surface area contributed by atoms with E-state index in [0.717, 1.165) is 0 Å². The van der Waals surface area contributed by atoms with E-state index in [1.807, 2.05) is 0 Å². The number of benzene rings is 2. The molecule has 0 saturated heterocycles. The van der Waals surface area contributed by atoms with Crippen molar-refractivity contribution in [1.82, 2.24) is 10.6 Å². The van der Waals surface area contributed by atoms with Crippen LogP contribution in [-0.2, 0) is 32.0 Å². The lowest BCUT2D eigenvalue weighted by Gasteiger charge is -2.22. The smallest absolute Gasteiger partial charge is 0.328 e. The first-order chi connectivity index (χ1) is 14.7. The Bertz CT molecular complexity index is 953. The maximum Gasteiger partial charge on any atom is 0.328 e. The van der Waals surface area contributed by atoms with E-state index in [4.69, 9.17) is 21.1 Å². The van der Waals surface area contributed by atoms with Gasteiger partial charge < -0.3 is 20.1 Å². The van der Waals surface area contributed by atoms with E-state index in [-0.39, 0.29) is 12.8 Å². The number of esters is 1. The molecule has 0 saturated carbocycles. The van der Waals surface area contributed by atoms with E-state index in [1.165, 1.54) is 39.3 Å². The van der Waals surface area contributed by atoms with Crippen molar-refractivity contribution >= 4 is 29.4 Å². The third-order valence-corrected chi connectivity index (χ3v) is 4.78. The summed E-state index contributed by atoms with van der Waals surface area (Å²) in [6.45, 7) is 1.27. The minimum Gasteiger partial charge on any atom is -0.495 e. The lowest BCUT2D eigenvalue weighted by Crippen LogP contribution is -2.53. The second-order valence-corrected chi connectivity index (χ2v) is 7.25. The van der Waals surface area contributed by atoms with Gasteiger partial charge in [0, 0.05) is 19.8 Å². The summed E-state index contributed by atoms with van der Waals surface area (Å²) in [4.78, 5) is 36.8. The number of rotatable bonds is 9. The zero-order chi connectivity index (χ0) is 23.0. The van der Waals surface area contributed by atoms with Crippen LogP contribution in [-0.4, -0.2) is 44.1 Å². The Morgan fingerprint density at radius 1 is 1.00 bits per heavy atom. The summed E-state index contributed by atoms with van der Waals surface area (Å²) >= 11 is 6.14. The Hall–Kier alpha value is -3.13. The van der Waals surface area contributed by atoms with Crippen LogP contribution in [0.1, 0.15) is 18.1 Å². The molecular formula is C22H24ClFN2O5. The zero-order valence-corrected chi connectivity index (χ0v) is 18.2. The summed E-state index contributed by atoms with van der Waals surface area (Å²) < 4.78 is 23.4. The minimum absolute atomic E-state index is 0.0471. The third kappa shape index (κ3) is 7.25. The van der Waals surface area contributed by atoms with Crippen LogP contribution in [0.5, 0.6) is 5.75 Å². The highest BCUT2D eigenvalue weighted by Gasteiger charge is 2.27. The van der Waals surface area contributed by atoms with Gasteiger partial charge in [-0.3, -0.25) is 9.59 Å². The average molecular weight is 451 g/mol. The molecule has 2 N–H and O–H groups in total. The van der Waals surface area contributed by atoms with Gasteiger partial charge in [0.25, 0.3) is 0 Å². The summed E-state index contributed by atoms with van der Waals surface area (Å²) in [7, 11) is 2.69. The first-order valence-corrected chi connectivity index (χ1v) is 9.83. The van der Waals surface area contributed by atoms with Crippen LogP contribution in [0.15, 0.2) is 42.5 Å². The van der Waals surface area contributed by atoms with Crippen LogP contribution >= 0.6 is 11.6 Å². The lowest BCUT2D eigenvalue weighted by molar-refractivity contribution is -0.145. The van der Waals surface area contributed by atoms with E-state index < -0.39 is 35.7 Å². The minimum atomic E-state index is -1.02. The van der Waals surface area contributed by atoms with Crippen molar-refractivity contribution in [2.45, 2.75) is 31.8 Å². The summed E-state index contributed by atoms with van der Waals surface area (Å²) in [5.74, 6) is -1.68. The van der Waals surface area contributed by atoms with Crippen LogP contribution < -0.4 is 15.4 Å². The predicted octanol–water partition coefficient (Wildman–Crippen LogP) is 2.44. The number of carbonyl (C=O) groups is 3. The van der Waals surface area contributed by atoms with Crippen LogP contribution in [0.2, 0.25) is 5.02 Å². The van der Waals surface area contributed by atoms with Crippen molar-refractivity contribution in [1.29, 1.82) is 0 Å². The molecule has 0 aromatic heterocycles. The van der Waals surface area contributed by atoms with Gasteiger partial charge in [0.05, 0.1) is 19.2 Å². The molecule has 0 aliphatic heterocycles. The molecule has 0 spiro atoms. The maximum absolute atomic E-state index is 13.5. The second kappa shape index (κ2) is 11.3. The fraction of sp³-hybridized carbons (Fsp3) is 0.318. The SMILES string of the molecule is COC(=O)[C@@H](Cc1ccc(OC)c(Cl)c1)NC(=O)[C@H](Cc1cccc(F)c1)NC(C)=O. The van der Waals surface area contributed by atoms with Crippen molar-refractivity contribution < 1.29 is 28.2 Å². The van der Waals surface area contributed by atoms with E-state index in [0.29, 0.717) is 21.9 Å². The lowest BCUT2D eigenvalue weighted by atomic mass is 10.0. The highest BCUT2D eigenvalue weighted by atomic mass is 35.5. The fourth-order valence-electron chi connectivity index (χ4n) is 3.03. The topological polar surface area (TPSA) is 93.7 Å². The van der Waals surface area contributed by atoms with Gasteiger partial charge in [-0.1, -0.05) is 29.8 Å². The zero-order valence-electron chi connectivity index (χ0n) is 17.4. The quantitative estimate of drug-likeness (QED) is 0.572. The van der Waals surface area contributed by atoms with Crippen molar-refractivity contribution in [2.24, 2.45) is 0 Å². The predicted molar refractivity (Wildman–Crippen MR) is 113 cm³/mol. The van der Waals surface area contributed by atoms with E-state index in [1.54, 1.807) is 24.3 Å². The Kier molecular flexibility index (Phi) is 8.81. The molecule has 2 aromatic carbocycles. The standard InChI is InChI=1S/C22H24ClFN2O5/c1-13(27)25-18(11-14-5-4-6-16(24)9-14)21(28)26-19(22(29)31-3)12-15-7-8-20(30-2)17(23)10-15/h4-10,18-19H,11-12H2,1-3H3,(H,25,27)(H,26,28)/t18-,19+/m0/s1. The molecule has 2 atom stereocenters. The van der Waals surface area contributed by atoms with Crippen LogP contribution in [0.25, 0.3) is 0 Å². The first-order valence-electron chi connectivity index (χ1n) is 9.45. The largest absolute Gasteiger partial charge is 0.495 e. The fourth-order valence-corrected chi connectivity index (χ4v) is 3.31. The number of ether oxygens (including phenoxy) is 2. The molecule has 0 bridgehead atoms. The summed E-state index contributed by atoms with van der Waals surface area (Å²) in [5.41, 5.74) is 1.19. The number of halogens is 2. The van der Waals surface area contributed by atoms with Crippen molar-refractivity contribution in [3.8, 4) is 5.75 Å². The molecule has 2 aromatic rings. The third-order valence-electron chi connectivity index (χ3n) is 4.48. The van der Waals surface area contributed by atoms with Crippen LogP contribution in [0.4, 0.5) is 4.39 Å². The summed E-state index contributed by atoms with van der Waals surface area (Å²) in [6.07, 6.45) is 0.153. The highest BCUT2D eigenvalue weighted by molar-refractivity contribution is 6.32. The molecule has 166 valence electrons. The Morgan fingerprint density at radius 3 is 2.26 bits per heavy atom. The molecule has 7 nitrogen and oxygen atoms in total. The monoisotopic (exact) mass is 450 g/mol. The Balaban J connectivity index is 2.19. The number of hydrogen-bond acceptors (Lipinski definition) is 5. The van der Waals surface area contributed by atoms with Gasteiger partial charge >= 0.3 is 5.97 Å². The van der Waals surface area contributed by atoms with Gasteiger partial charge in [0.15, 0.2) is 0 Å². The van der Waals surface area contributed by atoms with Gasteiger partial charge in [-0.05, 0) is 35.4 Å². The molecule has 0 fully saturated rings. The van der Waals surface area contributed by atoms with Crippen molar-refractivity contribution in [2.75, 3.05) is 14.2 Å². The van der Waals surface area contributed by atoms with Crippen molar-refractivity contribution in [3.63, 3.8) is 0 Å². The molecule has 2 amide bonds. The van der Waals surface area contributed by atoms with E-state index in [9.17, 15) is 18.8 Å². The second-order valence-electron chi connectivity index (χ2n) is 6.84. The average Bonchev–Trinajstić information content (AvgIpc) is 2.72. The van der Waals surface area contributed by atoms with Gasteiger partial charge in [-0.2, -0.15) is 0 Å². The van der Waals surface area contributed by atoms with Gasteiger partial charge in [0.2, 0.25) is 11.8 Å².